The van der Waals surface area contributed by atoms with E-state index in [2.05, 4.69) is 56.6 Å². The highest BCUT2D eigenvalue weighted by molar-refractivity contribution is 6.64. The van der Waals surface area contributed by atoms with Gasteiger partial charge in [0.2, 0.25) is 0 Å². The summed E-state index contributed by atoms with van der Waals surface area (Å²) in [6, 6.07) is 1.32. The maximum atomic E-state index is 3.49. The first kappa shape index (κ1) is 13.4. The van der Waals surface area contributed by atoms with Gasteiger partial charge in [-0.15, -0.1) is 0 Å². The van der Waals surface area contributed by atoms with Crippen LogP contribution < -0.4 is 4.65 Å². The summed E-state index contributed by atoms with van der Waals surface area (Å²) < 4.78 is 3.36. The molecule has 0 saturated carbocycles. The van der Waals surface area contributed by atoms with Crippen molar-refractivity contribution >= 4 is 19.4 Å². The number of nitrogens with one attached hydrogen (secondary N) is 1. The molecule has 0 aromatic heterocycles. The molecule has 0 spiro atoms. The van der Waals surface area contributed by atoms with Gasteiger partial charge in [-0.25, -0.2) is 0 Å². The van der Waals surface area contributed by atoms with Crippen LogP contribution in [0.2, 0.25) is 11.1 Å². The Kier molecular flexibility index (Phi) is 4.90. The zero-order valence-electron chi connectivity index (χ0n) is 9.91. The Morgan fingerprint density at radius 3 is 1.85 bits per heavy atom. The average molecular weight is 213 g/mol. The predicted molar refractivity (Wildman–Crippen MR) is 63.2 cm³/mol. The van der Waals surface area contributed by atoms with Crippen molar-refractivity contribution < 1.29 is 0 Å². The van der Waals surface area contributed by atoms with E-state index in [0.29, 0.717) is 10.5 Å². The molecule has 13 heavy (non-hydrogen) atoms. The van der Waals surface area contributed by atoms with Crippen molar-refractivity contribution in [1.29, 1.82) is 0 Å². The van der Waals surface area contributed by atoms with E-state index in [-0.39, 0.29) is 0 Å². The fourth-order valence-electron chi connectivity index (χ4n) is 1.23. The van der Waals surface area contributed by atoms with Gasteiger partial charge in [-0.3, -0.25) is 0 Å². The molecule has 0 atom stereocenters. The normalized spacial score (nSPS) is 13.8. The standard InChI is InChI=1S/C10H23NSi2/c1-7-8-13(11-12)10(5,6)9(2,3)4/h11H,7-8H2,1-6H3. The third-order valence-corrected chi connectivity index (χ3v) is 7.75. The molecule has 0 aromatic carbocycles. The summed E-state index contributed by atoms with van der Waals surface area (Å²) in [5.41, 5.74) is 0.371. The molecule has 4 radical (unpaired) electrons. The summed E-state index contributed by atoms with van der Waals surface area (Å²) in [5, 5.41) is 0.398. The molecule has 1 nitrogen and oxygen atoms in total. The van der Waals surface area contributed by atoms with E-state index in [9.17, 15) is 0 Å². The van der Waals surface area contributed by atoms with Gasteiger partial charge in [0.1, 0.15) is 19.4 Å². The Labute approximate surface area is 88.9 Å². The molecule has 0 aliphatic carbocycles. The van der Waals surface area contributed by atoms with Gasteiger partial charge < -0.3 is 4.65 Å². The summed E-state index contributed by atoms with van der Waals surface area (Å²) >= 11 is 0. The molecule has 0 unspecified atom stereocenters. The minimum absolute atomic E-state index is 0.371. The largest absolute Gasteiger partial charge is 0.363 e. The van der Waals surface area contributed by atoms with Crippen LogP contribution in [-0.4, -0.2) is 19.4 Å². The maximum absolute atomic E-state index is 3.49. The zero-order chi connectivity index (χ0) is 10.7. The van der Waals surface area contributed by atoms with Gasteiger partial charge in [0.25, 0.3) is 0 Å². The van der Waals surface area contributed by atoms with Crippen molar-refractivity contribution in [2.75, 3.05) is 0 Å². The number of hydrogen-bond acceptors (Lipinski definition) is 1. The lowest BCUT2D eigenvalue weighted by atomic mass is 9.82. The summed E-state index contributed by atoms with van der Waals surface area (Å²) in [6.07, 6.45) is 1.27. The van der Waals surface area contributed by atoms with Crippen molar-refractivity contribution in [3.8, 4) is 0 Å². The second-order valence-electron chi connectivity index (χ2n) is 5.23. The van der Waals surface area contributed by atoms with Crippen molar-refractivity contribution in [1.82, 2.24) is 4.65 Å². The first-order valence-electron chi connectivity index (χ1n) is 5.06. The molecule has 0 saturated heterocycles. The molecule has 0 aliphatic rings. The molecule has 3 heteroatoms. The Morgan fingerprint density at radius 2 is 1.62 bits per heavy atom. The molecular formula is C10H23NSi2. The van der Waals surface area contributed by atoms with Crippen molar-refractivity contribution in [2.45, 2.75) is 59.0 Å². The van der Waals surface area contributed by atoms with Crippen LogP contribution >= 0.6 is 0 Å². The first-order valence-corrected chi connectivity index (χ1v) is 7.27. The minimum atomic E-state index is -0.505. The fraction of sp³-hybridized carbons (Fsp3) is 1.00. The van der Waals surface area contributed by atoms with Gasteiger partial charge in [0, 0.05) is 0 Å². The maximum Gasteiger partial charge on any atom is 0.132 e. The average Bonchev–Trinajstić information content (AvgIpc) is 1.97. The molecule has 0 fully saturated rings. The summed E-state index contributed by atoms with van der Waals surface area (Å²) in [5.74, 6) is 0. The highest BCUT2D eigenvalue weighted by Gasteiger charge is 2.40. The van der Waals surface area contributed by atoms with E-state index in [1.807, 2.05) is 0 Å². The number of hydrogen-bond donors (Lipinski definition) is 1. The van der Waals surface area contributed by atoms with Crippen LogP contribution in [0.1, 0.15) is 48.0 Å². The molecule has 0 aliphatic heterocycles. The van der Waals surface area contributed by atoms with Crippen LogP contribution in [-0.2, 0) is 0 Å². The smallest absolute Gasteiger partial charge is 0.132 e. The molecule has 0 heterocycles. The van der Waals surface area contributed by atoms with Gasteiger partial charge in [-0.2, -0.15) is 0 Å². The van der Waals surface area contributed by atoms with Crippen LogP contribution in [0.15, 0.2) is 0 Å². The molecule has 0 aromatic rings. The van der Waals surface area contributed by atoms with E-state index in [4.69, 9.17) is 0 Å². The van der Waals surface area contributed by atoms with E-state index < -0.39 is 8.96 Å². The van der Waals surface area contributed by atoms with Crippen LogP contribution in [0.4, 0.5) is 0 Å². The van der Waals surface area contributed by atoms with Gasteiger partial charge in [-0.1, -0.05) is 48.0 Å². The Hall–Kier alpha value is 0.394. The van der Waals surface area contributed by atoms with E-state index in [1.165, 1.54) is 12.5 Å². The second kappa shape index (κ2) is 4.76. The quantitative estimate of drug-likeness (QED) is 0.708. The van der Waals surface area contributed by atoms with Crippen LogP contribution in [0, 0.1) is 5.41 Å². The summed E-state index contributed by atoms with van der Waals surface area (Å²) in [4.78, 5) is 0. The van der Waals surface area contributed by atoms with Crippen molar-refractivity contribution in [3.05, 3.63) is 0 Å². The third-order valence-electron chi connectivity index (χ3n) is 3.28. The van der Waals surface area contributed by atoms with Crippen molar-refractivity contribution in [2.24, 2.45) is 5.41 Å². The molecular weight excluding hydrogens is 190 g/mol. The van der Waals surface area contributed by atoms with Crippen molar-refractivity contribution in [3.63, 3.8) is 0 Å². The van der Waals surface area contributed by atoms with E-state index >= 15 is 0 Å². The highest BCUT2D eigenvalue weighted by atomic mass is 28.3. The van der Waals surface area contributed by atoms with Crippen LogP contribution in [0.3, 0.4) is 0 Å². The van der Waals surface area contributed by atoms with Crippen LogP contribution in [0.5, 0.6) is 0 Å². The summed E-state index contributed by atoms with van der Waals surface area (Å²) in [6.45, 7) is 14.0. The molecule has 0 bridgehead atoms. The molecule has 76 valence electrons. The Balaban J connectivity index is 4.56. The van der Waals surface area contributed by atoms with Gasteiger partial charge in [0.15, 0.2) is 0 Å². The fourth-order valence-corrected chi connectivity index (χ4v) is 5.01. The third kappa shape index (κ3) is 3.22. The van der Waals surface area contributed by atoms with E-state index in [1.54, 1.807) is 0 Å². The lowest BCUT2D eigenvalue weighted by Gasteiger charge is -2.43. The minimum Gasteiger partial charge on any atom is -0.363 e. The monoisotopic (exact) mass is 213 g/mol. The predicted octanol–water partition coefficient (Wildman–Crippen LogP) is 2.89. The Morgan fingerprint density at radius 1 is 1.15 bits per heavy atom. The zero-order valence-corrected chi connectivity index (χ0v) is 11.9. The SMILES string of the molecule is CCC[Si](N[Si])C(C)(C)C(C)(C)C. The second-order valence-corrected chi connectivity index (χ2v) is 8.94. The van der Waals surface area contributed by atoms with E-state index in [0.717, 1.165) is 0 Å². The van der Waals surface area contributed by atoms with Gasteiger partial charge >= 0.3 is 0 Å². The lowest BCUT2D eigenvalue weighted by molar-refractivity contribution is 0.291. The number of rotatable bonds is 4. The molecule has 0 amide bonds. The van der Waals surface area contributed by atoms with Gasteiger partial charge in [-0.05, 0) is 16.5 Å². The van der Waals surface area contributed by atoms with Gasteiger partial charge in [0.05, 0.1) is 0 Å². The first-order chi connectivity index (χ1) is 5.77. The lowest BCUT2D eigenvalue weighted by Crippen LogP contribution is -2.47. The molecule has 1 N–H and O–H groups in total. The van der Waals surface area contributed by atoms with Crippen LogP contribution in [0.25, 0.3) is 0 Å². The Bertz CT molecular complexity index is 149. The molecule has 0 rings (SSSR count). The topological polar surface area (TPSA) is 12.0 Å². The summed E-state index contributed by atoms with van der Waals surface area (Å²) in [7, 11) is 2.98. The highest BCUT2D eigenvalue weighted by Crippen LogP contribution is 2.47.